The van der Waals surface area contributed by atoms with Gasteiger partial charge in [-0.25, -0.2) is 0 Å². The van der Waals surface area contributed by atoms with Gasteiger partial charge in [-0.05, 0) is 54.4 Å². The lowest BCUT2D eigenvalue weighted by Crippen LogP contribution is -2.50. The summed E-state index contributed by atoms with van der Waals surface area (Å²) < 4.78 is 5.61. The minimum Gasteiger partial charge on any atom is -0.469 e. The van der Waals surface area contributed by atoms with Gasteiger partial charge in [-0.15, -0.1) is 0 Å². The second kappa shape index (κ2) is 5.40. The zero-order valence-corrected chi connectivity index (χ0v) is 14.2. The molecule has 1 aromatic heterocycles. The van der Waals surface area contributed by atoms with E-state index in [1.807, 2.05) is 0 Å². The van der Waals surface area contributed by atoms with Crippen molar-refractivity contribution in [3.63, 3.8) is 0 Å². The molecule has 2 fully saturated rings. The maximum atomic E-state index is 11.2. The van der Waals surface area contributed by atoms with E-state index in [1.165, 1.54) is 31.3 Å². The Labute approximate surface area is 134 Å². The molecule has 0 bridgehead atoms. The van der Waals surface area contributed by atoms with Crippen molar-refractivity contribution >= 4 is 6.29 Å². The van der Waals surface area contributed by atoms with Crippen molar-refractivity contribution in [3.05, 3.63) is 35.8 Å². The van der Waals surface area contributed by atoms with E-state index in [0.29, 0.717) is 16.9 Å². The zero-order chi connectivity index (χ0) is 16.0. The fourth-order valence-corrected chi connectivity index (χ4v) is 5.46. The second-order valence-corrected chi connectivity index (χ2v) is 8.27. The Balaban J connectivity index is 1.94. The summed E-state index contributed by atoms with van der Waals surface area (Å²) in [6, 6.07) is 1.78. The minimum absolute atomic E-state index is 0.282. The third-order valence-electron chi connectivity index (χ3n) is 6.62. The summed E-state index contributed by atoms with van der Waals surface area (Å²) in [5, 5.41) is 0. The first-order valence-corrected chi connectivity index (χ1v) is 8.58. The van der Waals surface area contributed by atoms with Crippen LogP contribution < -0.4 is 0 Å². The minimum atomic E-state index is 0.282. The molecule has 0 aromatic carbocycles. The Morgan fingerprint density at radius 2 is 2.14 bits per heavy atom. The van der Waals surface area contributed by atoms with Crippen molar-refractivity contribution < 1.29 is 9.21 Å². The number of carbonyl (C=O) groups excluding carboxylic acids is 1. The molecular formula is C20H28O2. The first-order valence-electron chi connectivity index (χ1n) is 8.58. The van der Waals surface area contributed by atoms with Crippen molar-refractivity contribution in [2.75, 3.05) is 0 Å². The third kappa shape index (κ3) is 2.37. The van der Waals surface area contributed by atoms with E-state index in [2.05, 4.69) is 27.4 Å². The van der Waals surface area contributed by atoms with Gasteiger partial charge in [-0.3, -0.25) is 4.79 Å². The lowest BCUT2D eigenvalue weighted by molar-refractivity contribution is -0.0528. The summed E-state index contributed by atoms with van der Waals surface area (Å²) in [5.74, 6) is 2.00. The van der Waals surface area contributed by atoms with Gasteiger partial charge in [0.25, 0.3) is 0 Å². The highest BCUT2D eigenvalue weighted by molar-refractivity contribution is 5.76. The van der Waals surface area contributed by atoms with Crippen LogP contribution >= 0.6 is 0 Å². The van der Waals surface area contributed by atoms with Crippen LogP contribution in [0.2, 0.25) is 0 Å². The lowest BCUT2D eigenvalue weighted by Gasteiger charge is -2.58. The van der Waals surface area contributed by atoms with Crippen molar-refractivity contribution in [2.24, 2.45) is 22.7 Å². The molecule has 2 heteroatoms. The molecule has 22 heavy (non-hydrogen) atoms. The Hall–Kier alpha value is -1.31. The average Bonchev–Trinajstić information content (AvgIpc) is 2.89. The van der Waals surface area contributed by atoms with E-state index in [0.717, 1.165) is 30.8 Å². The number of aldehydes is 1. The van der Waals surface area contributed by atoms with Gasteiger partial charge in [-0.1, -0.05) is 39.3 Å². The topological polar surface area (TPSA) is 30.2 Å². The van der Waals surface area contributed by atoms with Crippen LogP contribution in [0.4, 0.5) is 0 Å². The van der Waals surface area contributed by atoms with Crippen molar-refractivity contribution in [1.82, 2.24) is 0 Å². The summed E-state index contributed by atoms with van der Waals surface area (Å²) in [5.41, 5.74) is 2.74. The van der Waals surface area contributed by atoms with Crippen LogP contribution in [0, 0.1) is 22.7 Å². The lowest BCUT2D eigenvalue weighted by atomic mass is 9.47. The normalized spacial score (nSPS) is 34.2. The number of allylic oxidation sites excluding steroid dienone is 1. The van der Waals surface area contributed by atoms with Gasteiger partial charge in [0.2, 0.25) is 0 Å². The molecule has 0 radical (unpaired) electrons. The Kier molecular flexibility index (Phi) is 3.82. The monoisotopic (exact) mass is 300 g/mol. The highest BCUT2D eigenvalue weighted by Gasteiger charge is 2.52. The molecular weight excluding hydrogens is 272 g/mol. The first-order chi connectivity index (χ1) is 10.4. The first kappa shape index (κ1) is 15.6. The summed E-state index contributed by atoms with van der Waals surface area (Å²) in [7, 11) is 0. The molecule has 2 aliphatic carbocycles. The number of fused-ring (bicyclic) bond motifs is 1. The van der Waals surface area contributed by atoms with Gasteiger partial charge < -0.3 is 4.42 Å². The summed E-state index contributed by atoms with van der Waals surface area (Å²) in [6.07, 6.45) is 9.63. The molecule has 0 unspecified atom stereocenters. The van der Waals surface area contributed by atoms with Crippen LogP contribution in [-0.4, -0.2) is 6.29 Å². The third-order valence-corrected chi connectivity index (χ3v) is 6.62. The summed E-state index contributed by atoms with van der Waals surface area (Å²) >= 11 is 0. The molecule has 0 amide bonds. The maximum absolute atomic E-state index is 11.2. The van der Waals surface area contributed by atoms with Gasteiger partial charge in [-0.2, -0.15) is 0 Å². The molecule has 1 aromatic rings. The molecule has 0 aliphatic heterocycles. The quantitative estimate of drug-likeness (QED) is 0.550. The molecule has 3 atom stereocenters. The molecule has 0 saturated heterocycles. The van der Waals surface area contributed by atoms with Crippen LogP contribution in [0.3, 0.4) is 0 Å². The van der Waals surface area contributed by atoms with E-state index in [4.69, 9.17) is 4.42 Å². The molecule has 3 rings (SSSR count). The van der Waals surface area contributed by atoms with Gasteiger partial charge in [0.1, 0.15) is 5.76 Å². The summed E-state index contributed by atoms with van der Waals surface area (Å²) in [4.78, 5) is 11.2. The van der Waals surface area contributed by atoms with E-state index in [9.17, 15) is 4.79 Å². The van der Waals surface area contributed by atoms with Crippen molar-refractivity contribution in [3.8, 4) is 0 Å². The second-order valence-electron chi connectivity index (χ2n) is 8.27. The molecule has 120 valence electrons. The SMILES string of the molecule is C=C1CC[C@H]2C(C)(C)CCC[C@]2(C)[C@H]1Cc1occc1C=O. The van der Waals surface area contributed by atoms with E-state index < -0.39 is 0 Å². The van der Waals surface area contributed by atoms with Crippen LogP contribution in [0.5, 0.6) is 0 Å². The standard InChI is InChI=1S/C20H28O2/c1-14-6-7-18-19(2,3)9-5-10-20(18,4)16(14)12-17-15(13-21)8-11-22-17/h8,11,13,16,18H,1,5-7,9-10,12H2,2-4H3/t16-,18-,20+/m0/s1. The van der Waals surface area contributed by atoms with Gasteiger partial charge >= 0.3 is 0 Å². The van der Waals surface area contributed by atoms with Crippen LogP contribution in [0.1, 0.15) is 69.0 Å². The molecule has 2 aliphatic rings. The van der Waals surface area contributed by atoms with Gasteiger partial charge in [0.15, 0.2) is 6.29 Å². The molecule has 0 N–H and O–H groups in total. The predicted molar refractivity (Wildman–Crippen MR) is 88.9 cm³/mol. The van der Waals surface area contributed by atoms with E-state index in [1.54, 1.807) is 12.3 Å². The van der Waals surface area contributed by atoms with Gasteiger partial charge in [0, 0.05) is 6.42 Å². The average molecular weight is 300 g/mol. The smallest absolute Gasteiger partial charge is 0.153 e. The molecule has 2 nitrogen and oxygen atoms in total. The fraction of sp³-hybridized carbons (Fsp3) is 0.650. The molecule has 0 spiro atoms. The number of hydrogen-bond donors (Lipinski definition) is 0. The van der Waals surface area contributed by atoms with Crippen LogP contribution in [0.25, 0.3) is 0 Å². The Morgan fingerprint density at radius 1 is 1.36 bits per heavy atom. The number of hydrogen-bond acceptors (Lipinski definition) is 2. The van der Waals surface area contributed by atoms with Crippen molar-refractivity contribution in [2.45, 2.75) is 59.3 Å². The number of rotatable bonds is 3. The van der Waals surface area contributed by atoms with Crippen LogP contribution in [-0.2, 0) is 6.42 Å². The van der Waals surface area contributed by atoms with Crippen LogP contribution in [0.15, 0.2) is 28.9 Å². The van der Waals surface area contributed by atoms with Crippen molar-refractivity contribution in [1.29, 1.82) is 0 Å². The molecule has 2 saturated carbocycles. The van der Waals surface area contributed by atoms with Gasteiger partial charge in [0.05, 0.1) is 11.8 Å². The Bertz CT molecular complexity index is 580. The predicted octanol–water partition coefficient (Wildman–Crippen LogP) is 5.43. The highest BCUT2D eigenvalue weighted by Crippen LogP contribution is 2.61. The maximum Gasteiger partial charge on any atom is 0.153 e. The summed E-state index contributed by atoms with van der Waals surface area (Å²) in [6.45, 7) is 11.7. The number of carbonyl (C=O) groups is 1. The van der Waals surface area contributed by atoms with E-state index in [-0.39, 0.29) is 5.41 Å². The highest BCUT2D eigenvalue weighted by atomic mass is 16.3. The van der Waals surface area contributed by atoms with E-state index >= 15 is 0 Å². The molecule has 1 heterocycles. The largest absolute Gasteiger partial charge is 0.469 e. The number of furan rings is 1. The zero-order valence-electron chi connectivity index (χ0n) is 14.2. The Morgan fingerprint density at radius 3 is 2.86 bits per heavy atom. The fourth-order valence-electron chi connectivity index (χ4n) is 5.46.